The van der Waals surface area contributed by atoms with Crippen LogP contribution in [0.15, 0.2) is 40.3 Å². The van der Waals surface area contributed by atoms with E-state index in [1.807, 2.05) is 12.3 Å². The fourth-order valence-electron chi connectivity index (χ4n) is 5.08. The van der Waals surface area contributed by atoms with E-state index in [4.69, 9.17) is 16.2 Å². The van der Waals surface area contributed by atoms with Crippen LogP contribution in [0.25, 0.3) is 5.57 Å². The first kappa shape index (κ1) is 23.4. The molecular formula is C25H34N8O2. The number of guanidine groups is 1. The van der Waals surface area contributed by atoms with Gasteiger partial charge in [0.1, 0.15) is 0 Å². The highest BCUT2D eigenvalue weighted by molar-refractivity contribution is 5.78. The van der Waals surface area contributed by atoms with Crippen molar-refractivity contribution < 1.29 is 4.74 Å². The zero-order chi connectivity index (χ0) is 24.2. The number of nitrogens with zero attached hydrogens (tertiary/aromatic N) is 3. The standard InChI is InChI=1S/C25H34N8O2/c26-24(27)30-11-1-10-29-18-3-5-19(6-4-18)33-15-22-23(32-25(33)34)31-20-14-17(2-7-21(20)35-22)16-8-12-28-13-9-16/h2,7-8,14-15,18-19,28-29H,1,3-6,9-13H2,(H4,26,27,30)(H,31,32,34). The van der Waals surface area contributed by atoms with Gasteiger partial charge >= 0.3 is 5.69 Å². The van der Waals surface area contributed by atoms with E-state index in [2.05, 4.69) is 44.1 Å². The molecule has 5 rings (SSSR count). The number of hydrogen-bond acceptors (Lipinski definition) is 7. The van der Waals surface area contributed by atoms with Crippen molar-refractivity contribution in [3.63, 3.8) is 0 Å². The van der Waals surface area contributed by atoms with Crippen molar-refractivity contribution in [3.05, 3.63) is 46.5 Å². The molecule has 3 aliphatic rings. The lowest BCUT2D eigenvalue weighted by atomic mass is 9.91. The van der Waals surface area contributed by atoms with Crippen LogP contribution in [0.2, 0.25) is 0 Å². The Hall–Kier alpha value is -3.37. The summed E-state index contributed by atoms with van der Waals surface area (Å²) in [6.07, 6.45) is 9.78. The number of benzene rings is 1. The second-order valence-electron chi connectivity index (χ2n) is 9.38. The molecule has 0 atom stereocenters. The van der Waals surface area contributed by atoms with Crippen LogP contribution in [0.5, 0.6) is 11.5 Å². The molecule has 3 heterocycles. The molecule has 2 aliphatic heterocycles. The summed E-state index contributed by atoms with van der Waals surface area (Å²) < 4.78 is 7.91. The smallest absolute Gasteiger partial charge is 0.350 e. The highest BCUT2D eigenvalue weighted by atomic mass is 16.5. The molecule has 1 aliphatic carbocycles. The van der Waals surface area contributed by atoms with E-state index in [0.29, 0.717) is 24.2 Å². The number of rotatable bonds is 7. The van der Waals surface area contributed by atoms with E-state index < -0.39 is 0 Å². The minimum atomic E-state index is -0.242. The van der Waals surface area contributed by atoms with E-state index in [0.717, 1.165) is 69.6 Å². The van der Waals surface area contributed by atoms with E-state index in [9.17, 15) is 4.79 Å². The van der Waals surface area contributed by atoms with Gasteiger partial charge < -0.3 is 32.2 Å². The maximum atomic E-state index is 12.9. The summed E-state index contributed by atoms with van der Waals surface area (Å²) in [6, 6.07) is 6.73. The van der Waals surface area contributed by atoms with Crippen molar-refractivity contribution in [2.75, 3.05) is 31.5 Å². The lowest BCUT2D eigenvalue weighted by Gasteiger charge is -2.31. The highest BCUT2D eigenvalue weighted by Gasteiger charge is 2.26. The third-order valence-electron chi connectivity index (χ3n) is 6.96. The summed E-state index contributed by atoms with van der Waals surface area (Å²) in [5, 5.41) is 10.2. The normalized spacial score (nSPS) is 21.1. The van der Waals surface area contributed by atoms with Gasteiger partial charge in [-0.1, -0.05) is 12.1 Å². The Morgan fingerprint density at radius 3 is 2.86 bits per heavy atom. The van der Waals surface area contributed by atoms with Crippen molar-refractivity contribution in [1.82, 2.24) is 20.2 Å². The Labute approximate surface area is 204 Å². The second kappa shape index (κ2) is 10.5. The van der Waals surface area contributed by atoms with E-state index in [-0.39, 0.29) is 17.7 Å². The van der Waals surface area contributed by atoms with Gasteiger partial charge in [-0.25, -0.2) is 4.79 Å². The highest BCUT2D eigenvalue weighted by Crippen LogP contribution is 2.42. The van der Waals surface area contributed by atoms with Crippen LogP contribution >= 0.6 is 0 Å². The van der Waals surface area contributed by atoms with Gasteiger partial charge in [-0.15, -0.1) is 0 Å². The molecule has 0 saturated heterocycles. The minimum absolute atomic E-state index is 0.124. The Bertz CT molecular complexity index is 1180. The molecule has 0 amide bonds. The van der Waals surface area contributed by atoms with Crippen LogP contribution in [0.3, 0.4) is 0 Å². The molecule has 1 aromatic heterocycles. The predicted octanol–water partition coefficient (Wildman–Crippen LogP) is 2.21. The quantitative estimate of drug-likeness (QED) is 0.197. The van der Waals surface area contributed by atoms with Gasteiger partial charge in [0.2, 0.25) is 0 Å². The van der Waals surface area contributed by atoms with Crippen LogP contribution in [-0.2, 0) is 0 Å². The zero-order valence-electron chi connectivity index (χ0n) is 19.9. The average molecular weight is 479 g/mol. The van der Waals surface area contributed by atoms with Crippen molar-refractivity contribution in [2.24, 2.45) is 16.5 Å². The Balaban J connectivity index is 1.21. The molecule has 7 N–H and O–H groups in total. The summed E-state index contributed by atoms with van der Waals surface area (Å²) in [5.41, 5.74) is 13.8. The van der Waals surface area contributed by atoms with E-state index >= 15 is 0 Å². The largest absolute Gasteiger partial charge is 0.450 e. The molecule has 35 heavy (non-hydrogen) atoms. The number of fused-ring (bicyclic) bond motifs is 2. The van der Waals surface area contributed by atoms with Crippen molar-refractivity contribution in [1.29, 1.82) is 0 Å². The molecule has 1 aromatic carbocycles. The summed E-state index contributed by atoms with van der Waals surface area (Å²) in [7, 11) is 0. The first-order chi connectivity index (χ1) is 17.1. The number of nitrogens with one attached hydrogen (secondary N) is 3. The monoisotopic (exact) mass is 478 g/mol. The lowest BCUT2D eigenvalue weighted by Crippen LogP contribution is -2.37. The molecule has 0 spiro atoms. The third-order valence-corrected chi connectivity index (χ3v) is 6.96. The summed E-state index contributed by atoms with van der Waals surface area (Å²) >= 11 is 0. The van der Waals surface area contributed by atoms with Gasteiger partial charge in [0, 0.05) is 25.2 Å². The first-order valence-corrected chi connectivity index (χ1v) is 12.5. The Morgan fingerprint density at radius 1 is 1.23 bits per heavy atom. The number of aromatic nitrogens is 2. The van der Waals surface area contributed by atoms with Crippen LogP contribution in [0.4, 0.5) is 11.5 Å². The average Bonchev–Trinajstić information content (AvgIpc) is 2.87. The van der Waals surface area contributed by atoms with Crippen molar-refractivity contribution in [2.45, 2.75) is 50.6 Å². The molecule has 0 bridgehead atoms. The number of anilines is 2. The predicted molar refractivity (Wildman–Crippen MR) is 138 cm³/mol. The third kappa shape index (κ3) is 5.49. The number of aliphatic imine (C=N–C) groups is 1. The zero-order valence-corrected chi connectivity index (χ0v) is 19.9. The van der Waals surface area contributed by atoms with Crippen LogP contribution in [0.1, 0.15) is 50.1 Å². The molecule has 1 fully saturated rings. The minimum Gasteiger partial charge on any atom is -0.450 e. The number of nitrogens with two attached hydrogens (primary N) is 2. The Kier molecular flexibility index (Phi) is 7.01. The maximum absolute atomic E-state index is 12.9. The van der Waals surface area contributed by atoms with Crippen molar-refractivity contribution >= 4 is 23.0 Å². The lowest BCUT2D eigenvalue weighted by molar-refractivity contribution is 0.283. The van der Waals surface area contributed by atoms with Crippen LogP contribution in [-0.4, -0.2) is 47.7 Å². The summed E-state index contributed by atoms with van der Waals surface area (Å²) in [5.74, 6) is 1.95. The van der Waals surface area contributed by atoms with E-state index in [1.54, 1.807) is 4.57 Å². The number of ether oxygens (including phenoxy) is 1. The molecule has 186 valence electrons. The van der Waals surface area contributed by atoms with Gasteiger partial charge in [-0.05, 0) is 74.9 Å². The van der Waals surface area contributed by atoms with E-state index in [1.165, 1.54) is 11.1 Å². The van der Waals surface area contributed by atoms with Gasteiger partial charge in [-0.2, -0.15) is 4.98 Å². The fourth-order valence-corrected chi connectivity index (χ4v) is 5.08. The second-order valence-corrected chi connectivity index (χ2v) is 9.38. The van der Waals surface area contributed by atoms with Crippen LogP contribution in [0, 0.1) is 0 Å². The topological polar surface area (TPSA) is 145 Å². The number of hydrogen-bond donors (Lipinski definition) is 5. The first-order valence-electron chi connectivity index (χ1n) is 12.5. The van der Waals surface area contributed by atoms with Crippen LogP contribution < -0.4 is 37.8 Å². The Morgan fingerprint density at radius 2 is 2.09 bits per heavy atom. The molecule has 0 unspecified atom stereocenters. The van der Waals surface area contributed by atoms with Gasteiger partial charge in [0.15, 0.2) is 23.3 Å². The van der Waals surface area contributed by atoms with Gasteiger partial charge in [0.05, 0.1) is 11.9 Å². The fraction of sp³-hybridized carbons (Fsp3) is 0.480. The summed E-state index contributed by atoms with van der Waals surface area (Å²) in [4.78, 5) is 21.2. The molecule has 10 nitrogen and oxygen atoms in total. The molecule has 10 heteroatoms. The van der Waals surface area contributed by atoms with Crippen molar-refractivity contribution in [3.8, 4) is 11.5 Å². The summed E-state index contributed by atoms with van der Waals surface area (Å²) in [6.45, 7) is 3.38. The van der Waals surface area contributed by atoms with Gasteiger partial charge in [0.25, 0.3) is 0 Å². The molecular weight excluding hydrogens is 444 g/mol. The molecule has 2 aromatic rings. The SMILES string of the molecule is NC(N)=NCCCNC1CCC(n2cc3c(nc2=O)Nc2cc(C4=CCNCC4)ccc2O3)CC1. The maximum Gasteiger partial charge on any atom is 0.350 e. The van der Waals surface area contributed by atoms with Gasteiger partial charge in [-0.3, -0.25) is 9.56 Å². The molecule has 1 saturated carbocycles. The molecule has 0 radical (unpaired) electrons.